The van der Waals surface area contributed by atoms with Gasteiger partial charge in [-0.1, -0.05) is 54.4 Å². The maximum absolute atomic E-state index is 12.0. The Morgan fingerprint density at radius 2 is 1.76 bits per heavy atom. The van der Waals surface area contributed by atoms with Gasteiger partial charge in [-0.05, 0) is 36.2 Å². The van der Waals surface area contributed by atoms with Gasteiger partial charge in [-0.25, -0.2) is 5.43 Å². The average Bonchev–Trinajstić information content (AvgIpc) is 2.49. The molecule has 0 aliphatic carbocycles. The molecule has 0 spiro atoms. The number of hydrazone groups is 1. The van der Waals surface area contributed by atoms with Crippen LogP contribution in [-0.4, -0.2) is 11.6 Å². The highest BCUT2D eigenvalue weighted by molar-refractivity contribution is 6.33. The number of nitrogens with zero attached hydrogens (tertiary/aromatic N) is 1. The second-order valence-corrected chi connectivity index (χ2v) is 5.18. The fourth-order valence-corrected chi connectivity index (χ4v) is 2.16. The number of carbonyl (C=O) groups excluding carboxylic acids is 1. The summed E-state index contributed by atoms with van der Waals surface area (Å²) in [5.41, 5.74) is 4.62. The van der Waals surface area contributed by atoms with E-state index in [-0.39, 0.29) is 5.91 Å². The van der Waals surface area contributed by atoms with Gasteiger partial charge in [0.25, 0.3) is 5.91 Å². The first-order valence-corrected chi connectivity index (χ1v) is 7.24. The smallest absolute Gasteiger partial charge is 0.267 e. The molecule has 0 aromatic heterocycles. The van der Waals surface area contributed by atoms with Crippen molar-refractivity contribution in [1.82, 2.24) is 5.43 Å². The molecule has 0 fully saturated rings. The molecular weight excluding hydrogens is 307 g/mol. The molecule has 2 rings (SSSR count). The Kier molecular flexibility index (Phi) is 5.37. The van der Waals surface area contributed by atoms with Crippen molar-refractivity contribution in [3.05, 3.63) is 69.7 Å². The third kappa shape index (κ3) is 4.06. The molecule has 0 unspecified atom stereocenters. The average molecular weight is 321 g/mol. The van der Waals surface area contributed by atoms with Crippen molar-refractivity contribution in [3.8, 4) is 0 Å². The number of benzene rings is 2. The molecule has 108 valence electrons. The van der Waals surface area contributed by atoms with Gasteiger partial charge >= 0.3 is 0 Å². The molecule has 2 aromatic carbocycles. The van der Waals surface area contributed by atoms with E-state index in [2.05, 4.69) is 10.5 Å². The summed E-state index contributed by atoms with van der Waals surface area (Å²) in [6.07, 6.45) is 0.685. The summed E-state index contributed by atoms with van der Waals surface area (Å²) < 4.78 is 0. The predicted molar refractivity (Wildman–Crippen MR) is 87.2 cm³/mol. The Morgan fingerprint density at radius 1 is 1.10 bits per heavy atom. The third-order valence-electron chi connectivity index (χ3n) is 2.92. The predicted octanol–water partition coefficient (Wildman–Crippen LogP) is 4.54. The Hall–Kier alpha value is -1.84. The number of nitrogens with one attached hydrogen (secondary N) is 1. The van der Waals surface area contributed by atoms with Gasteiger partial charge in [0, 0.05) is 5.02 Å². The van der Waals surface area contributed by atoms with Crippen LogP contribution in [0.25, 0.3) is 0 Å². The van der Waals surface area contributed by atoms with E-state index in [9.17, 15) is 4.79 Å². The highest BCUT2D eigenvalue weighted by Crippen LogP contribution is 2.15. The zero-order chi connectivity index (χ0) is 15.2. The van der Waals surface area contributed by atoms with Crippen LogP contribution in [0.3, 0.4) is 0 Å². The minimum atomic E-state index is -0.333. The van der Waals surface area contributed by atoms with E-state index in [4.69, 9.17) is 23.2 Å². The van der Waals surface area contributed by atoms with Crippen molar-refractivity contribution in [2.45, 2.75) is 13.3 Å². The molecule has 0 aliphatic rings. The molecule has 0 saturated carbocycles. The van der Waals surface area contributed by atoms with E-state index in [1.807, 2.05) is 19.1 Å². The first-order valence-electron chi connectivity index (χ1n) is 6.49. The highest BCUT2D eigenvalue weighted by atomic mass is 35.5. The molecular formula is C16H14Cl2N2O. The second kappa shape index (κ2) is 7.25. The van der Waals surface area contributed by atoms with Crippen molar-refractivity contribution >= 4 is 34.8 Å². The number of rotatable bonds is 4. The Morgan fingerprint density at radius 3 is 2.38 bits per heavy atom. The molecule has 2 aromatic rings. The van der Waals surface area contributed by atoms with Crippen LogP contribution in [0.4, 0.5) is 0 Å². The zero-order valence-corrected chi connectivity index (χ0v) is 12.9. The van der Waals surface area contributed by atoms with Gasteiger partial charge in [-0.3, -0.25) is 4.79 Å². The fraction of sp³-hybridized carbons (Fsp3) is 0.125. The van der Waals surface area contributed by atoms with Gasteiger partial charge in [-0.2, -0.15) is 5.10 Å². The number of amides is 1. The summed E-state index contributed by atoms with van der Waals surface area (Å²) >= 11 is 11.8. The van der Waals surface area contributed by atoms with E-state index in [0.29, 0.717) is 22.0 Å². The van der Waals surface area contributed by atoms with Gasteiger partial charge in [-0.15, -0.1) is 0 Å². The molecule has 0 aliphatic heterocycles. The molecule has 0 bridgehead atoms. The lowest BCUT2D eigenvalue weighted by Gasteiger charge is -2.06. The van der Waals surface area contributed by atoms with Crippen LogP contribution in [-0.2, 0) is 0 Å². The SMILES string of the molecule is CC/C(=N/NC(=O)c1ccccc1Cl)c1ccc(Cl)cc1. The summed E-state index contributed by atoms with van der Waals surface area (Å²) in [5, 5.41) is 5.23. The molecule has 5 heteroatoms. The number of hydrogen-bond donors (Lipinski definition) is 1. The van der Waals surface area contributed by atoms with Gasteiger partial charge in [0.1, 0.15) is 0 Å². The van der Waals surface area contributed by atoms with Gasteiger partial charge in [0.2, 0.25) is 0 Å². The van der Waals surface area contributed by atoms with Crippen molar-refractivity contribution in [2.75, 3.05) is 0 Å². The van der Waals surface area contributed by atoms with Crippen molar-refractivity contribution < 1.29 is 4.79 Å². The summed E-state index contributed by atoms with van der Waals surface area (Å²) in [4.78, 5) is 12.0. The topological polar surface area (TPSA) is 41.5 Å². The Balaban J connectivity index is 2.16. The standard InChI is InChI=1S/C16H14Cl2N2O/c1-2-15(11-7-9-12(17)10-8-11)19-20-16(21)13-5-3-4-6-14(13)18/h3-10H,2H2,1H3,(H,20,21)/b19-15-. The second-order valence-electron chi connectivity index (χ2n) is 4.34. The van der Waals surface area contributed by atoms with E-state index >= 15 is 0 Å². The molecule has 0 atom stereocenters. The first kappa shape index (κ1) is 15.5. The lowest BCUT2D eigenvalue weighted by atomic mass is 10.1. The molecule has 3 nitrogen and oxygen atoms in total. The monoisotopic (exact) mass is 320 g/mol. The largest absolute Gasteiger partial charge is 0.272 e. The van der Waals surface area contributed by atoms with Gasteiger partial charge in [0.15, 0.2) is 0 Å². The normalized spacial score (nSPS) is 11.3. The van der Waals surface area contributed by atoms with E-state index in [1.54, 1.807) is 36.4 Å². The highest BCUT2D eigenvalue weighted by Gasteiger charge is 2.09. The number of halogens is 2. The van der Waals surface area contributed by atoms with E-state index in [1.165, 1.54) is 0 Å². The number of carbonyl (C=O) groups is 1. The van der Waals surface area contributed by atoms with Crippen LogP contribution in [0.2, 0.25) is 10.0 Å². The lowest BCUT2D eigenvalue weighted by molar-refractivity contribution is 0.0955. The van der Waals surface area contributed by atoms with Crippen LogP contribution in [0.1, 0.15) is 29.3 Å². The Bertz CT molecular complexity index is 666. The van der Waals surface area contributed by atoms with Crippen LogP contribution in [0, 0.1) is 0 Å². The zero-order valence-electron chi connectivity index (χ0n) is 11.4. The fourth-order valence-electron chi connectivity index (χ4n) is 1.81. The van der Waals surface area contributed by atoms with Crippen molar-refractivity contribution in [3.63, 3.8) is 0 Å². The maximum atomic E-state index is 12.0. The van der Waals surface area contributed by atoms with Crippen LogP contribution >= 0.6 is 23.2 Å². The van der Waals surface area contributed by atoms with Crippen molar-refractivity contribution in [1.29, 1.82) is 0 Å². The third-order valence-corrected chi connectivity index (χ3v) is 3.50. The quantitative estimate of drug-likeness (QED) is 0.652. The Labute approximate surface area is 133 Å². The molecule has 21 heavy (non-hydrogen) atoms. The molecule has 0 saturated heterocycles. The summed E-state index contributed by atoms with van der Waals surface area (Å²) in [6.45, 7) is 1.97. The van der Waals surface area contributed by atoms with Gasteiger partial charge < -0.3 is 0 Å². The van der Waals surface area contributed by atoms with Gasteiger partial charge in [0.05, 0.1) is 16.3 Å². The number of hydrogen-bond acceptors (Lipinski definition) is 2. The summed E-state index contributed by atoms with van der Waals surface area (Å²) in [5.74, 6) is -0.333. The van der Waals surface area contributed by atoms with E-state index < -0.39 is 0 Å². The van der Waals surface area contributed by atoms with Crippen LogP contribution in [0.15, 0.2) is 53.6 Å². The molecule has 0 heterocycles. The molecule has 1 N–H and O–H groups in total. The minimum Gasteiger partial charge on any atom is -0.267 e. The van der Waals surface area contributed by atoms with Crippen LogP contribution in [0.5, 0.6) is 0 Å². The van der Waals surface area contributed by atoms with Crippen LogP contribution < -0.4 is 5.43 Å². The lowest BCUT2D eigenvalue weighted by Crippen LogP contribution is -2.20. The van der Waals surface area contributed by atoms with E-state index in [0.717, 1.165) is 11.3 Å². The van der Waals surface area contributed by atoms with Crippen molar-refractivity contribution in [2.24, 2.45) is 5.10 Å². The molecule has 0 radical (unpaired) electrons. The molecule has 1 amide bonds. The minimum absolute atomic E-state index is 0.333. The first-order chi connectivity index (χ1) is 10.1. The summed E-state index contributed by atoms with van der Waals surface area (Å²) in [6, 6.07) is 14.2. The maximum Gasteiger partial charge on any atom is 0.272 e. The summed E-state index contributed by atoms with van der Waals surface area (Å²) in [7, 11) is 0.